The second-order valence-electron chi connectivity index (χ2n) is 7.06. The number of carbonyl (C=O) groups excluding carboxylic acids is 2. The van der Waals surface area contributed by atoms with E-state index in [1.165, 1.54) is 6.07 Å². The molecule has 1 fully saturated rings. The SMILES string of the molecule is CC1CCN(C(=O)c2ccccc2NC(=O)COc2c(Cl)cc(Cl)cc2Br)CC1. The van der Waals surface area contributed by atoms with Crippen LogP contribution >= 0.6 is 39.1 Å². The molecule has 8 heteroatoms. The molecule has 2 amide bonds. The Bertz CT molecular complexity index is 892. The minimum atomic E-state index is -0.393. The third-order valence-electron chi connectivity index (χ3n) is 4.81. The van der Waals surface area contributed by atoms with E-state index in [0.29, 0.717) is 37.4 Å². The molecule has 1 saturated heterocycles. The van der Waals surface area contributed by atoms with Gasteiger partial charge in [-0.2, -0.15) is 0 Å². The zero-order valence-corrected chi connectivity index (χ0v) is 19.0. The van der Waals surface area contributed by atoms with Gasteiger partial charge < -0.3 is 15.0 Å². The van der Waals surface area contributed by atoms with Crippen LogP contribution in [0.1, 0.15) is 30.1 Å². The van der Waals surface area contributed by atoms with Gasteiger partial charge in [-0.15, -0.1) is 0 Å². The molecular formula is C21H21BrCl2N2O3. The average molecular weight is 500 g/mol. The average Bonchev–Trinajstić information content (AvgIpc) is 2.67. The largest absolute Gasteiger partial charge is 0.481 e. The molecule has 0 aromatic heterocycles. The molecule has 0 saturated carbocycles. The highest BCUT2D eigenvalue weighted by molar-refractivity contribution is 9.10. The topological polar surface area (TPSA) is 58.6 Å². The molecule has 0 unspecified atom stereocenters. The number of nitrogens with zero attached hydrogens (tertiary/aromatic N) is 1. The van der Waals surface area contributed by atoms with E-state index in [4.69, 9.17) is 27.9 Å². The molecule has 2 aromatic carbocycles. The summed E-state index contributed by atoms with van der Waals surface area (Å²) in [6, 6.07) is 10.2. The van der Waals surface area contributed by atoms with E-state index >= 15 is 0 Å². The van der Waals surface area contributed by atoms with Gasteiger partial charge in [0.2, 0.25) is 0 Å². The Balaban J connectivity index is 1.66. The predicted octanol–water partition coefficient (Wildman–Crippen LogP) is 5.65. The van der Waals surface area contributed by atoms with Crippen molar-refractivity contribution < 1.29 is 14.3 Å². The number of para-hydroxylation sites is 1. The predicted molar refractivity (Wildman–Crippen MR) is 119 cm³/mol. The second kappa shape index (κ2) is 9.83. The zero-order chi connectivity index (χ0) is 21.0. The Morgan fingerprint density at radius 1 is 1.21 bits per heavy atom. The number of amides is 2. The highest BCUT2D eigenvalue weighted by atomic mass is 79.9. The minimum Gasteiger partial charge on any atom is -0.481 e. The molecule has 0 radical (unpaired) electrons. The number of nitrogens with one attached hydrogen (secondary N) is 1. The van der Waals surface area contributed by atoms with Crippen molar-refractivity contribution in [2.45, 2.75) is 19.8 Å². The summed E-state index contributed by atoms with van der Waals surface area (Å²) in [7, 11) is 0. The second-order valence-corrected chi connectivity index (χ2v) is 8.75. The number of likely N-dealkylation sites (tertiary alicyclic amines) is 1. The molecule has 0 spiro atoms. The molecule has 0 atom stereocenters. The number of piperidine rings is 1. The Morgan fingerprint density at radius 3 is 2.59 bits per heavy atom. The van der Waals surface area contributed by atoms with Crippen molar-refractivity contribution in [3.05, 3.63) is 56.5 Å². The fourth-order valence-electron chi connectivity index (χ4n) is 3.15. The first-order chi connectivity index (χ1) is 13.8. The van der Waals surface area contributed by atoms with Gasteiger partial charge in [0.1, 0.15) is 0 Å². The maximum Gasteiger partial charge on any atom is 0.262 e. The van der Waals surface area contributed by atoms with Crippen LogP contribution in [-0.2, 0) is 4.79 Å². The summed E-state index contributed by atoms with van der Waals surface area (Å²) < 4.78 is 6.09. The third kappa shape index (κ3) is 5.65. The maximum atomic E-state index is 12.9. The smallest absolute Gasteiger partial charge is 0.262 e. The molecule has 5 nitrogen and oxygen atoms in total. The fraction of sp³-hybridized carbons (Fsp3) is 0.333. The van der Waals surface area contributed by atoms with Gasteiger partial charge in [0.15, 0.2) is 12.4 Å². The number of hydrogen-bond acceptors (Lipinski definition) is 3. The normalized spacial score (nSPS) is 14.6. The maximum absolute atomic E-state index is 12.9. The van der Waals surface area contributed by atoms with Crippen LogP contribution < -0.4 is 10.1 Å². The molecule has 29 heavy (non-hydrogen) atoms. The lowest BCUT2D eigenvalue weighted by Gasteiger charge is -2.30. The van der Waals surface area contributed by atoms with Crippen LogP contribution in [0.2, 0.25) is 10.0 Å². The Morgan fingerprint density at radius 2 is 1.90 bits per heavy atom. The number of benzene rings is 2. The standard InChI is InChI=1S/C21H21BrCl2N2O3/c1-13-6-8-26(9-7-13)21(28)15-4-2-3-5-18(15)25-19(27)12-29-20-16(22)10-14(23)11-17(20)24/h2-5,10-11,13H,6-9,12H2,1H3,(H,25,27). The number of rotatable bonds is 5. The Labute approximate surface area is 188 Å². The van der Waals surface area contributed by atoms with Crippen molar-refractivity contribution in [3.8, 4) is 5.75 Å². The summed E-state index contributed by atoms with van der Waals surface area (Å²) in [4.78, 5) is 27.2. The van der Waals surface area contributed by atoms with Crippen LogP contribution in [0.4, 0.5) is 5.69 Å². The lowest BCUT2D eigenvalue weighted by molar-refractivity contribution is -0.118. The highest BCUT2D eigenvalue weighted by Crippen LogP contribution is 2.36. The van der Waals surface area contributed by atoms with Crippen molar-refractivity contribution in [2.75, 3.05) is 25.0 Å². The number of carbonyl (C=O) groups is 2. The minimum absolute atomic E-state index is 0.0720. The van der Waals surface area contributed by atoms with Crippen molar-refractivity contribution in [3.63, 3.8) is 0 Å². The van der Waals surface area contributed by atoms with Crippen molar-refractivity contribution in [1.82, 2.24) is 4.90 Å². The summed E-state index contributed by atoms with van der Waals surface area (Å²) in [5.74, 6) is 0.496. The summed E-state index contributed by atoms with van der Waals surface area (Å²) in [5.41, 5.74) is 0.937. The first kappa shape index (κ1) is 21.9. The van der Waals surface area contributed by atoms with Gasteiger partial charge in [-0.25, -0.2) is 0 Å². The molecule has 1 aliphatic rings. The molecule has 1 aliphatic heterocycles. The van der Waals surface area contributed by atoms with Gasteiger partial charge in [0.05, 0.1) is 20.7 Å². The van der Waals surface area contributed by atoms with E-state index in [1.807, 2.05) is 4.90 Å². The van der Waals surface area contributed by atoms with E-state index < -0.39 is 5.91 Å². The molecule has 3 rings (SSSR count). The summed E-state index contributed by atoms with van der Waals surface area (Å²) in [6.45, 7) is 3.40. The van der Waals surface area contributed by atoms with Crippen LogP contribution in [0.15, 0.2) is 40.9 Å². The van der Waals surface area contributed by atoms with E-state index in [0.717, 1.165) is 25.9 Å². The molecule has 1 N–H and O–H groups in total. The van der Waals surface area contributed by atoms with E-state index in [-0.39, 0.29) is 12.5 Å². The first-order valence-electron chi connectivity index (χ1n) is 9.30. The molecular weight excluding hydrogens is 479 g/mol. The fourth-order valence-corrected chi connectivity index (χ4v) is 4.52. The Kier molecular flexibility index (Phi) is 7.44. The van der Waals surface area contributed by atoms with Gasteiger partial charge in [0.25, 0.3) is 11.8 Å². The van der Waals surface area contributed by atoms with E-state index in [9.17, 15) is 9.59 Å². The first-order valence-corrected chi connectivity index (χ1v) is 10.9. The van der Waals surface area contributed by atoms with Crippen molar-refractivity contribution in [1.29, 1.82) is 0 Å². The van der Waals surface area contributed by atoms with Gasteiger partial charge in [-0.3, -0.25) is 9.59 Å². The van der Waals surface area contributed by atoms with Crippen molar-refractivity contribution >= 4 is 56.6 Å². The van der Waals surface area contributed by atoms with E-state index in [2.05, 4.69) is 28.2 Å². The quantitative estimate of drug-likeness (QED) is 0.578. The van der Waals surface area contributed by atoms with Gasteiger partial charge >= 0.3 is 0 Å². The van der Waals surface area contributed by atoms with Crippen LogP contribution in [-0.4, -0.2) is 36.4 Å². The third-order valence-corrected chi connectivity index (χ3v) is 5.90. The van der Waals surface area contributed by atoms with Crippen LogP contribution in [0.25, 0.3) is 0 Å². The Hall–Kier alpha value is -1.76. The highest BCUT2D eigenvalue weighted by Gasteiger charge is 2.23. The lowest BCUT2D eigenvalue weighted by Crippen LogP contribution is -2.38. The van der Waals surface area contributed by atoms with Crippen LogP contribution in [0, 0.1) is 5.92 Å². The molecule has 1 heterocycles. The monoisotopic (exact) mass is 498 g/mol. The van der Waals surface area contributed by atoms with E-state index in [1.54, 1.807) is 30.3 Å². The zero-order valence-electron chi connectivity index (χ0n) is 15.9. The van der Waals surface area contributed by atoms with Crippen molar-refractivity contribution in [2.24, 2.45) is 5.92 Å². The lowest BCUT2D eigenvalue weighted by atomic mass is 9.98. The van der Waals surface area contributed by atoms with Gasteiger partial charge in [-0.05, 0) is 59.0 Å². The van der Waals surface area contributed by atoms with Crippen LogP contribution in [0.3, 0.4) is 0 Å². The van der Waals surface area contributed by atoms with Gasteiger partial charge in [0, 0.05) is 18.1 Å². The van der Waals surface area contributed by atoms with Gasteiger partial charge in [-0.1, -0.05) is 42.3 Å². The van der Waals surface area contributed by atoms with Crippen LogP contribution in [0.5, 0.6) is 5.75 Å². The molecule has 0 aliphatic carbocycles. The number of hydrogen-bond donors (Lipinski definition) is 1. The molecule has 2 aromatic rings. The molecule has 154 valence electrons. The number of ether oxygens (including phenoxy) is 1. The molecule has 0 bridgehead atoms. The summed E-state index contributed by atoms with van der Waals surface area (Å²) in [5, 5.41) is 3.52. The summed E-state index contributed by atoms with van der Waals surface area (Å²) in [6.07, 6.45) is 1.98. The number of anilines is 1. The summed E-state index contributed by atoms with van der Waals surface area (Å²) >= 11 is 15.4. The number of halogens is 3.